The first-order valence-corrected chi connectivity index (χ1v) is 8.51. The average molecular weight is 360 g/mol. The van der Waals surface area contributed by atoms with E-state index in [0.717, 1.165) is 24.2 Å². The Morgan fingerprint density at radius 1 is 1.00 bits per heavy atom. The number of anilines is 1. The molecule has 23 heavy (non-hydrogen) atoms. The fourth-order valence-electron chi connectivity index (χ4n) is 3.84. The quantitative estimate of drug-likeness (QED) is 0.832. The molecule has 3 rings (SSSR count). The second kappa shape index (κ2) is 9.73. The first-order valence-electron chi connectivity index (χ1n) is 8.51. The minimum absolute atomic E-state index is 0. The van der Waals surface area contributed by atoms with Gasteiger partial charge in [-0.25, -0.2) is 0 Å². The van der Waals surface area contributed by atoms with E-state index in [1.165, 1.54) is 57.4 Å². The van der Waals surface area contributed by atoms with Crippen LogP contribution in [0.15, 0.2) is 24.3 Å². The maximum atomic E-state index is 5.87. The van der Waals surface area contributed by atoms with Crippen LogP contribution in [0.2, 0.25) is 0 Å². The molecular formula is C18H31Cl2N3. The van der Waals surface area contributed by atoms with Gasteiger partial charge in [0.2, 0.25) is 0 Å². The van der Waals surface area contributed by atoms with Gasteiger partial charge in [0, 0.05) is 44.5 Å². The molecule has 5 heteroatoms. The Morgan fingerprint density at radius 2 is 1.65 bits per heavy atom. The Morgan fingerprint density at radius 3 is 2.26 bits per heavy atom. The number of hydrogen-bond donors (Lipinski definition) is 1. The molecule has 1 aliphatic carbocycles. The monoisotopic (exact) mass is 359 g/mol. The molecule has 0 spiro atoms. The van der Waals surface area contributed by atoms with Crippen LogP contribution in [-0.2, 0) is 6.54 Å². The predicted molar refractivity (Wildman–Crippen MR) is 104 cm³/mol. The lowest BCUT2D eigenvalue weighted by atomic mass is 9.86. The highest BCUT2D eigenvalue weighted by molar-refractivity contribution is 5.85. The standard InChI is InChI=1S/C18H29N3.2ClH/c1-15-5-7-18(8-6-15)21-11-9-20(10-12-21)14-16-3-2-4-17(19)13-16;;/h2-4,13,15,18H,5-12,14,19H2,1H3;2*1H. The van der Waals surface area contributed by atoms with Gasteiger partial charge in [0.05, 0.1) is 0 Å². The summed E-state index contributed by atoms with van der Waals surface area (Å²) in [6.45, 7) is 8.31. The summed E-state index contributed by atoms with van der Waals surface area (Å²) in [6, 6.07) is 9.17. The Kier molecular flexibility index (Phi) is 8.70. The Hall–Kier alpha value is -0.480. The van der Waals surface area contributed by atoms with Crippen molar-refractivity contribution in [1.29, 1.82) is 0 Å². The van der Waals surface area contributed by atoms with Crippen molar-refractivity contribution < 1.29 is 0 Å². The van der Waals surface area contributed by atoms with Crippen molar-refractivity contribution in [2.24, 2.45) is 5.92 Å². The maximum Gasteiger partial charge on any atom is 0.0317 e. The topological polar surface area (TPSA) is 32.5 Å². The summed E-state index contributed by atoms with van der Waals surface area (Å²) in [5.41, 5.74) is 8.09. The number of piperazine rings is 1. The summed E-state index contributed by atoms with van der Waals surface area (Å²) in [5.74, 6) is 0.950. The summed E-state index contributed by atoms with van der Waals surface area (Å²) in [4.78, 5) is 5.30. The summed E-state index contributed by atoms with van der Waals surface area (Å²) in [7, 11) is 0. The number of hydrogen-bond acceptors (Lipinski definition) is 3. The lowest BCUT2D eigenvalue weighted by molar-refractivity contribution is 0.0689. The van der Waals surface area contributed by atoms with E-state index in [4.69, 9.17) is 5.73 Å². The van der Waals surface area contributed by atoms with Crippen LogP contribution in [-0.4, -0.2) is 42.0 Å². The molecule has 1 aromatic carbocycles. The highest BCUT2D eigenvalue weighted by atomic mass is 35.5. The molecule has 0 atom stereocenters. The summed E-state index contributed by atoms with van der Waals surface area (Å²) >= 11 is 0. The van der Waals surface area contributed by atoms with E-state index in [2.05, 4.69) is 34.9 Å². The van der Waals surface area contributed by atoms with Crippen molar-refractivity contribution in [2.45, 2.75) is 45.2 Å². The smallest absolute Gasteiger partial charge is 0.0317 e. The molecule has 1 aromatic rings. The van der Waals surface area contributed by atoms with E-state index in [0.29, 0.717) is 0 Å². The maximum absolute atomic E-state index is 5.87. The molecule has 3 nitrogen and oxygen atoms in total. The van der Waals surface area contributed by atoms with Gasteiger partial charge in [0.25, 0.3) is 0 Å². The van der Waals surface area contributed by atoms with Crippen LogP contribution in [0.1, 0.15) is 38.2 Å². The van der Waals surface area contributed by atoms with Crippen molar-refractivity contribution in [2.75, 3.05) is 31.9 Å². The molecule has 0 amide bonds. The van der Waals surface area contributed by atoms with Crippen molar-refractivity contribution >= 4 is 30.5 Å². The van der Waals surface area contributed by atoms with Gasteiger partial charge in [-0.2, -0.15) is 0 Å². The third kappa shape index (κ3) is 5.82. The van der Waals surface area contributed by atoms with Gasteiger partial charge >= 0.3 is 0 Å². The first kappa shape index (κ1) is 20.6. The molecule has 2 fully saturated rings. The number of benzene rings is 1. The van der Waals surface area contributed by atoms with Crippen molar-refractivity contribution in [1.82, 2.24) is 9.80 Å². The lowest BCUT2D eigenvalue weighted by Crippen LogP contribution is -2.50. The number of halogens is 2. The second-order valence-electron chi connectivity index (χ2n) is 6.97. The average Bonchev–Trinajstić information content (AvgIpc) is 2.49. The largest absolute Gasteiger partial charge is 0.399 e. The summed E-state index contributed by atoms with van der Waals surface area (Å²) in [6.07, 6.45) is 5.68. The highest BCUT2D eigenvalue weighted by Gasteiger charge is 2.26. The fraction of sp³-hybridized carbons (Fsp3) is 0.667. The molecule has 1 saturated carbocycles. The van der Waals surface area contributed by atoms with Gasteiger partial charge in [-0.3, -0.25) is 9.80 Å². The van der Waals surface area contributed by atoms with Crippen LogP contribution in [0.3, 0.4) is 0 Å². The van der Waals surface area contributed by atoms with E-state index < -0.39 is 0 Å². The van der Waals surface area contributed by atoms with E-state index in [-0.39, 0.29) is 24.8 Å². The van der Waals surface area contributed by atoms with Gasteiger partial charge in [0.1, 0.15) is 0 Å². The van der Waals surface area contributed by atoms with E-state index >= 15 is 0 Å². The van der Waals surface area contributed by atoms with Gasteiger partial charge in [-0.1, -0.05) is 19.1 Å². The molecule has 0 bridgehead atoms. The number of rotatable bonds is 3. The lowest BCUT2D eigenvalue weighted by Gasteiger charge is -2.41. The number of nitrogens with zero attached hydrogens (tertiary/aromatic N) is 2. The molecule has 1 heterocycles. The minimum Gasteiger partial charge on any atom is -0.399 e. The minimum atomic E-state index is 0. The molecule has 2 aliphatic rings. The van der Waals surface area contributed by atoms with Crippen LogP contribution in [0.5, 0.6) is 0 Å². The highest BCUT2D eigenvalue weighted by Crippen LogP contribution is 2.27. The van der Waals surface area contributed by atoms with Gasteiger partial charge in [0.15, 0.2) is 0 Å². The zero-order valence-corrected chi connectivity index (χ0v) is 15.7. The Balaban J connectivity index is 0.00000132. The zero-order chi connectivity index (χ0) is 14.7. The first-order chi connectivity index (χ1) is 10.2. The van der Waals surface area contributed by atoms with Gasteiger partial charge in [-0.05, 0) is 49.3 Å². The van der Waals surface area contributed by atoms with Crippen LogP contribution in [0, 0.1) is 5.92 Å². The normalized spacial score (nSPS) is 26.1. The van der Waals surface area contributed by atoms with Crippen molar-refractivity contribution in [3.8, 4) is 0 Å². The molecule has 0 radical (unpaired) electrons. The van der Waals surface area contributed by atoms with E-state index in [9.17, 15) is 0 Å². The molecule has 0 aromatic heterocycles. The third-order valence-corrected chi connectivity index (χ3v) is 5.27. The van der Waals surface area contributed by atoms with Crippen LogP contribution in [0.25, 0.3) is 0 Å². The molecule has 0 unspecified atom stereocenters. The van der Waals surface area contributed by atoms with Gasteiger partial charge in [-0.15, -0.1) is 24.8 Å². The van der Waals surface area contributed by atoms with E-state index in [1.807, 2.05) is 6.07 Å². The number of nitrogen functional groups attached to an aromatic ring is 1. The molecule has 1 saturated heterocycles. The van der Waals surface area contributed by atoms with Crippen LogP contribution in [0.4, 0.5) is 5.69 Å². The number of nitrogens with two attached hydrogens (primary N) is 1. The summed E-state index contributed by atoms with van der Waals surface area (Å²) in [5, 5.41) is 0. The van der Waals surface area contributed by atoms with Gasteiger partial charge < -0.3 is 5.73 Å². The molecule has 1 aliphatic heterocycles. The van der Waals surface area contributed by atoms with Crippen LogP contribution >= 0.6 is 24.8 Å². The molecule has 2 N–H and O–H groups in total. The van der Waals surface area contributed by atoms with Crippen molar-refractivity contribution in [3.05, 3.63) is 29.8 Å². The Labute approximate surface area is 153 Å². The molecule has 132 valence electrons. The second-order valence-corrected chi connectivity index (χ2v) is 6.97. The Bertz CT molecular complexity index is 453. The SMILES string of the molecule is CC1CCC(N2CCN(Cc3cccc(N)c3)CC2)CC1.Cl.Cl. The fourth-order valence-corrected chi connectivity index (χ4v) is 3.84. The molecular weight excluding hydrogens is 329 g/mol. The van der Waals surface area contributed by atoms with Crippen LogP contribution < -0.4 is 5.73 Å². The summed E-state index contributed by atoms with van der Waals surface area (Å²) < 4.78 is 0. The zero-order valence-electron chi connectivity index (χ0n) is 14.1. The van der Waals surface area contributed by atoms with Crippen molar-refractivity contribution in [3.63, 3.8) is 0 Å². The third-order valence-electron chi connectivity index (χ3n) is 5.27. The van der Waals surface area contributed by atoms with E-state index in [1.54, 1.807) is 0 Å². The predicted octanol–water partition coefficient (Wildman–Crippen LogP) is 3.81.